The zero-order chi connectivity index (χ0) is 15.8. The number of rotatable bonds is 2. The second-order valence-electron chi connectivity index (χ2n) is 5.75. The Labute approximate surface area is 119 Å². The highest BCUT2D eigenvalue weighted by Crippen LogP contribution is 2.41. The van der Waals surface area contributed by atoms with Crippen molar-refractivity contribution in [2.45, 2.75) is 57.7 Å². The van der Waals surface area contributed by atoms with Crippen LogP contribution >= 0.6 is 0 Å². The first-order chi connectivity index (χ1) is 9.67. The number of nitrogens with one attached hydrogen (secondary N) is 1. The Morgan fingerprint density at radius 1 is 1.19 bits per heavy atom. The molecule has 1 heterocycles. The number of carbonyl (C=O) groups excluding carboxylic acids is 3. The van der Waals surface area contributed by atoms with Crippen molar-refractivity contribution in [1.82, 2.24) is 10.2 Å². The second kappa shape index (κ2) is 5.31. The molecule has 118 valence electrons. The Hall–Kier alpha value is -1.60. The van der Waals surface area contributed by atoms with Gasteiger partial charge in [-0.15, -0.1) is 0 Å². The summed E-state index contributed by atoms with van der Waals surface area (Å²) in [6, 6.07) is -2.39. The van der Waals surface area contributed by atoms with E-state index in [-0.39, 0.29) is 12.8 Å². The zero-order valence-electron chi connectivity index (χ0n) is 11.6. The van der Waals surface area contributed by atoms with Gasteiger partial charge in [-0.2, -0.15) is 13.2 Å². The number of hydrogen-bond acceptors (Lipinski definition) is 3. The van der Waals surface area contributed by atoms with Gasteiger partial charge < -0.3 is 0 Å². The third kappa shape index (κ3) is 2.89. The van der Waals surface area contributed by atoms with Crippen LogP contribution in [-0.2, 0) is 9.59 Å². The maximum Gasteiger partial charge on any atom is 0.391 e. The molecule has 1 atom stereocenters. The molecule has 1 spiro atoms. The average Bonchev–Trinajstić information content (AvgIpc) is 2.35. The van der Waals surface area contributed by atoms with Gasteiger partial charge >= 0.3 is 12.2 Å². The fourth-order valence-electron chi connectivity index (χ4n) is 3.12. The number of imide groups is 2. The fraction of sp³-hybridized carbons (Fsp3) is 0.769. The van der Waals surface area contributed by atoms with Crippen LogP contribution in [0.4, 0.5) is 18.0 Å². The molecular formula is C13H17F3N2O3. The van der Waals surface area contributed by atoms with Crippen molar-refractivity contribution in [3.63, 3.8) is 0 Å². The Balaban J connectivity index is 2.27. The third-order valence-corrected chi connectivity index (χ3v) is 4.18. The van der Waals surface area contributed by atoms with Crippen LogP contribution in [-0.4, -0.2) is 35.0 Å². The first-order valence-electron chi connectivity index (χ1n) is 6.93. The molecule has 0 bridgehead atoms. The normalized spacial score (nSPS) is 24.2. The highest BCUT2D eigenvalue weighted by molar-refractivity contribution is 6.19. The quantitative estimate of drug-likeness (QED) is 0.796. The number of amides is 4. The fourth-order valence-corrected chi connectivity index (χ4v) is 3.12. The van der Waals surface area contributed by atoms with Crippen molar-refractivity contribution in [2.24, 2.45) is 5.41 Å². The molecule has 1 saturated heterocycles. The smallest absolute Gasteiger partial charge is 0.277 e. The van der Waals surface area contributed by atoms with Crippen LogP contribution in [0.25, 0.3) is 0 Å². The summed E-state index contributed by atoms with van der Waals surface area (Å²) in [4.78, 5) is 36.9. The molecule has 1 aliphatic carbocycles. The third-order valence-electron chi connectivity index (χ3n) is 4.18. The van der Waals surface area contributed by atoms with E-state index in [9.17, 15) is 27.6 Å². The zero-order valence-corrected chi connectivity index (χ0v) is 11.6. The largest absolute Gasteiger partial charge is 0.391 e. The maximum absolute atomic E-state index is 12.5. The minimum atomic E-state index is -4.48. The monoisotopic (exact) mass is 306 g/mol. The summed E-state index contributed by atoms with van der Waals surface area (Å²) in [6.45, 7) is 1.16. The molecule has 2 rings (SSSR count). The van der Waals surface area contributed by atoms with E-state index in [1.54, 1.807) is 0 Å². The summed E-state index contributed by atoms with van der Waals surface area (Å²) in [5.74, 6) is -1.46. The number of urea groups is 1. The molecule has 1 N–H and O–H groups in total. The van der Waals surface area contributed by atoms with Crippen LogP contribution in [0.15, 0.2) is 0 Å². The van der Waals surface area contributed by atoms with Crippen molar-refractivity contribution in [3.8, 4) is 0 Å². The summed E-state index contributed by atoms with van der Waals surface area (Å²) in [5, 5.41) is 2.05. The first-order valence-corrected chi connectivity index (χ1v) is 6.93. The number of hydrogen-bond donors (Lipinski definition) is 1. The minimum Gasteiger partial charge on any atom is -0.277 e. The summed E-state index contributed by atoms with van der Waals surface area (Å²) >= 11 is 0. The van der Waals surface area contributed by atoms with E-state index in [0.717, 1.165) is 13.3 Å². The summed E-state index contributed by atoms with van der Waals surface area (Å²) < 4.78 is 37.5. The number of alkyl halides is 3. The first kappa shape index (κ1) is 15.8. The van der Waals surface area contributed by atoms with Crippen molar-refractivity contribution in [2.75, 3.05) is 0 Å². The van der Waals surface area contributed by atoms with E-state index in [1.807, 2.05) is 5.32 Å². The second-order valence-corrected chi connectivity index (χ2v) is 5.75. The van der Waals surface area contributed by atoms with Gasteiger partial charge in [0, 0.05) is 6.04 Å². The Kier molecular flexibility index (Phi) is 3.99. The molecule has 4 amide bonds. The van der Waals surface area contributed by atoms with Crippen molar-refractivity contribution in [3.05, 3.63) is 0 Å². The van der Waals surface area contributed by atoms with Gasteiger partial charge in [-0.1, -0.05) is 19.3 Å². The molecule has 1 saturated carbocycles. The van der Waals surface area contributed by atoms with Crippen molar-refractivity contribution in [1.29, 1.82) is 0 Å². The Morgan fingerprint density at radius 2 is 1.76 bits per heavy atom. The lowest BCUT2D eigenvalue weighted by atomic mass is 9.71. The summed E-state index contributed by atoms with van der Waals surface area (Å²) in [7, 11) is 0. The summed E-state index contributed by atoms with van der Waals surface area (Å²) in [5.41, 5.74) is -1.37. The maximum atomic E-state index is 12.5. The van der Waals surface area contributed by atoms with Crippen LogP contribution in [0.5, 0.6) is 0 Å². The molecule has 5 nitrogen and oxygen atoms in total. The molecule has 1 aliphatic heterocycles. The summed E-state index contributed by atoms with van der Waals surface area (Å²) in [6.07, 6.45) is -3.05. The van der Waals surface area contributed by atoms with Crippen LogP contribution in [0, 0.1) is 5.41 Å². The van der Waals surface area contributed by atoms with Crippen molar-refractivity contribution >= 4 is 17.8 Å². The highest BCUT2D eigenvalue weighted by atomic mass is 19.4. The highest BCUT2D eigenvalue weighted by Gasteiger charge is 2.55. The number of nitrogens with zero attached hydrogens (tertiary/aromatic N) is 1. The van der Waals surface area contributed by atoms with E-state index >= 15 is 0 Å². The Morgan fingerprint density at radius 3 is 2.29 bits per heavy atom. The van der Waals surface area contributed by atoms with Gasteiger partial charge in [0.1, 0.15) is 5.41 Å². The predicted molar refractivity (Wildman–Crippen MR) is 66.0 cm³/mol. The van der Waals surface area contributed by atoms with Gasteiger partial charge in [0.2, 0.25) is 11.8 Å². The minimum absolute atomic E-state index is 0.278. The lowest BCUT2D eigenvalue weighted by Gasteiger charge is -2.43. The number of carbonyl (C=O) groups is 3. The van der Waals surface area contributed by atoms with Crippen LogP contribution in [0.2, 0.25) is 0 Å². The molecule has 0 aromatic rings. The molecule has 21 heavy (non-hydrogen) atoms. The lowest BCUT2D eigenvalue weighted by Crippen LogP contribution is -2.66. The SMILES string of the molecule is CC(CC(F)(F)F)N1C(=O)NC(=O)C2(CCCCC2)C1=O. The van der Waals surface area contributed by atoms with E-state index in [0.29, 0.717) is 17.7 Å². The standard InChI is InChI=1S/C13H17F3N2O3/c1-8(7-13(14,15)16)18-10(20)12(5-3-2-4-6-12)9(19)17-11(18)21/h8H,2-7H2,1H3,(H,17,19,21). The van der Waals surface area contributed by atoms with Crippen LogP contribution in [0.3, 0.4) is 0 Å². The molecule has 0 radical (unpaired) electrons. The van der Waals surface area contributed by atoms with Gasteiger partial charge in [-0.3, -0.25) is 19.8 Å². The molecule has 2 fully saturated rings. The Bertz CT molecular complexity index is 470. The molecule has 0 aromatic heterocycles. The van der Waals surface area contributed by atoms with Gasteiger partial charge in [0.25, 0.3) is 0 Å². The molecular weight excluding hydrogens is 289 g/mol. The van der Waals surface area contributed by atoms with Gasteiger partial charge in [0.05, 0.1) is 6.42 Å². The van der Waals surface area contributed by atoms with E-state index in [2.05, 4.69) is 0 Å². The average molecular weight is 306 g/mol. The van der Waals surface area contributed by atoms with Gasteiger partial charge in [-0.05, 0) is 19.8 Å². The van der Waals surface area contributed by atoms with Crippen LogP contribution < -0.4 is 5.32 Å². The van der Waals surface area contributed by atoms with Crippen LogP contribution in [0.1, 0.15) is 45.4 Å². The molecule has 2 aliphatic rings. The predicted octanol–water partition coefficient (Wildman–Crippen LogP) is 2.36. The topological polar surface area (TPSA) is 66.5 Å². The van der Waals surface area contributed by atoms with Crippen molar-refractivity contribution < 1.29 is 27.6 Å². The van der Waals surface area contributed by atoms with E-state index in [4.69, 9.17) is 0 Å². The molecule has 8 heteroatoms. The van der Waals surface area contributed by atoms with E-state index < -0.39 is 41.9 Å². The molecule has 1 unspecified atom stereocenters. The lowest BCUT2D eigenvalue weighted by molar-refractivity contribution is -0.162. The van der Waals surface area contributed by atoms with Gasteiger partial charge in [-0.25, -0.2) is 4.79 Å². The number of halogens is 3. The number of barbiturate groups is 1. The van der Waals surface area contributed by atoms with Gasteiger partial charge in [0.15, 0.2) is 0 Å². The van der Waals surface area contributed by atoms with E-state index in [1.165, 1.54) is 0 Å². The molecule has 0 aromatic carbocycles.